The third kappa shape index (κ3) is 8.99. The molecule has 9 heteroatoms. The lowest BCUT2D eigenvalue weighted by atomic mass is 10.1. The van der Waals surface area contributed by atoms with Crippen LogP contribution in [0.15, 0.2) is 108 Å². The first-order valence-electron chi connectivity index (χ1n) is 14.0. The highest BCUT2D eigenvalue weighted by Crippen LogP contribution is 2.30. The van der Waals surface area contributed by atoms with Gasteiger partial charge in [-0.05, 0) is 55.3 Å². The molecular formula is C35H35N3O5S. The molecule has 1 unspecified atom stereocenters. The normalized spacial score (nSPS) is 11.7. The predicted molar refractivity (Wildman–Crippen MR) is 176 cm³/mol. The van der Waals surface area contributed by atoms with Gasteiger partial charge in [-0.3, -0.25) is 14.4 Å². The van der Waals surface area contributed by atoms with Crippen LogP contribution in [-0.2, 0) is 9.59 Å². The largest absolute Gasteiger partial charge is 0.497 e. The van der Waals surface area contributed by atoms with Crippen LogP contribution in [0.1, 0.15) is 34.8 Å². The fourth-order valence-corrected chi connectivity index (χ4v) is 5.32. The fourth-order valence-electron chi connectivity index (χ4n) is 4.30. The van der Waals surface area contributed by atoms with Crippen LogP contribution in [0, 0.1) is 6.92 Å². The Morgan fingerprint density at radius 2 is 1.50 bits per heavy atom. The van der Waals surface area contributed by atoms with E-state index >= 15 is 0 Å². The molecule has 0 aromatic heterocycles. The first-order chi connectivity index (χ1) is 21.3. The van der Waals surface area contributed by atoms with E-state index in [1.54, 1.807) is 74.9 Å². The molecule has 0 saturated heterocycles. The molecule has 8 nitrogen and oxygen atoms in total. The lowest BCUT2D eigenvalue weighted by Crippen LogP contribution is -2.30. The summed E-state index contributed by atoms with van der Waals surface area (Å²) >= 11 is 1.39. The number of hydrogen-bond acceptors (Lipinski definition) is 6. The Morgan fingerprint density at radius 1 is 0.795 bits per heavy atom. The zero-order valence-electron chi connectivity index (χ0n) is 25.0. The second kappa shape index (κ2) is 15.5. The Hall–Kier alpha value is -5.02. The first-order valence-corrected chi connectivity index (χ1v) is 14.9. The molecule has 3 N–H and O–H groups in total. The van der Waals surface area contributed by atoms with Crippen molar-refractivity contribution in [2.45, 2.75) is 30.4 Å². The number of aryl methyl sites for hydroxylation is 1. The Labute approximate surface area is 261 Å². The van der Waals surface area contributed by atoms with E-state index in [1.165, 1.54) is 11.8 Å². The monoisotopic (exact) mass is 609 g/mol. The molecule has 1 atom stereocenters. The van der Waals surface area contributed by atoms with Gasteiger partial charge in [0.2, 0.25) is 5.91 Å². The van der Waals surface area contributed by atoms with E-state index in [2.05, 4.69) is 16.0 Å². The van der Waals surface area contributed by atoms with Crippen LogP contribution in [0.3, 0.4) is 0 Å². The van der Waals surface area contributed by atoms with Crippen LogP contribution in [0.2, 0.25) is 0 Å². The minimum Gasteiger partial charge on any atom is -0.497 e. The van der Waals surface area contributed by atoms with E-state index in [4.69, 9.17) is 9.47 Å². The molecule has 0 heterocycles. The Kier molecular flexibility index (Phi) is 11.2. The molecule has 4 rings (SSSR count). The number of hydrogen-bond donors (Lipinski definition) is 3. The van der Waals surface area contributed by atoms with Gasteiger partial charge in [0.05, 0.1) is 19.5 Å². The number of anilines is 2. The van der Waals surface area contributed by atoms with Crippen LogP contribution < -0.4 is 25.4 Å². The first kappa shape index (κ1) is 31.9. The summed E-state index contributed by atoms with van der Waals surface area (Å²) in [6.07, 6.45) is 2.22. The van der Waals surface area contributed by atoms with Gasteiger partial charge < -0.3 is 25.4 Å². The molecule has 0 saturated carbocycles. The van der Waals surface area contributed by atoms with Gasteiger partial charge in [-0.2, -0.15) is 0 Å². The number of benzene rings is 4. The van der Waals surface area contributed by atoms with E-state index in [9.17, 15) is 14.4 Å². The topological polar surface area (TPSA) is 106 Å². The lowest BCUT2D eigenvalue weighted by molar-refractivity contribution is -0.116. The molecule has 226 valence electrons. The average molecular weight is 610 g/mol. The molecule has 0 aliphatic rings. The maximum atomic E-state index is 13.5. The summed E-state index contributed by atoms with van der Waals surface area (Å²) < 4.78 is 10.6. The van der Waals surface area contributed by atoms with Gasteiger partial charge in [0.15, 0.2) is 0 Å². The van der Waals surface area contributed by atoms with Crippen LogP contribution >= 0.6 is 11.8 Å². The molecule has 0 fully saturated rings. The summed E-state index contributed by atoms with van der Waals surface area (Å²) in [7, 11) is 3.10. The van der Waals surface area contributed by atoms with E-state index in [1.807, 2.05) is 56.3 Å². The van der Waals surface area contributed by atoms with Gasteiger partial charge in [-0.25, -0.2) is 0 Å². The number of carbonyl (C=O) groups is 3. The van der Waals surface area contributed by atoms with Crippen molar-refractivity contribution in [2.75, 3.05) is 24.9 Å². The minimum atomic E-state index is -0.477. The van der Waals surface area contributed by atoms with Crippen molar-refractivity contribution in [1.29, 1.82) is 0 Å². The molecule has 44 heavy (non-hydrogen) atoms. The van der Waals surface area contributed by atoms with E-state index < -0.39 is 17.1 Å². The number of carbonyl (C=O) groups excluding carboxylic acids is 3. The molecule has 0 radical (unpaired) electrons. The highest BCUT2D eigenvalue weighted by atomic mass is 32.2. The predicted octanol–water partition coefficient (Wildman–Crippen LogP) is 6.93. The highest BCUT2D eigenvalue weighted by Gasteiger charge is 2.20. The third-order valence-corrected chi connectivity index (χ3v) is 7.89. The van der Waals surface area contributed by atoms with Gasteiger partial charge >= 0.3 is 0 Å². The molecule has 0 aliphatic heterocycles. The van der Waals surface area contributed by atoms with Crippen molar-refractivity contribution in [1.82, 2.24) is 5.32 Å². The quantitative estimate of drug-likeness (QED) is 0.119. The fraction of sp³-hybridized carbons (Fsp3) is 0.171. The summed E-state index contributed by atoms with van der Waals surface area (Å²) in [5.41, 5.74) is 3.43. The number of amides is 3. The number of rotatable bonds is 12. The van der Waals surface area contributed by atoms with Crippen molar-refractivity contribution in [3.63, 3.8) is 0 Å². The van der Waals surface area contributed by atoms with Crippen LogP contribution in [0.5, 0.6) is 11.5 Å². The van der Waals surface area contributed by atoms with Gasteiger partial charge in [0.1, 0.15) is 17.2 Å². The van der Waals surface area contributed by atoms with Gasteiger partial charge in [-0.15, -0.1) is 11.8 Å². The van der Waals surface area contributed by atoms with E-state index in [0.29, 0.717) is 34.9 Å². The number of ether oxygens (including phenoxy) is 2. The standard InChI is InChI=1S/C35H35N3O5S/c1-5-32(35(41)37-27-19-28(42-3)22-29(20-27)43-4)44-30-16-10-15-26(21-30)36-34(40)31(18-24-12-9-11-23(2)17-24)38-33(39)25-13-7-6-8-14-25/h6-22,32H,5H2,1-4H3,(H,36,40)(H,37,41)(H,38,39)/b31-18+. The van der Waals surface area contributed by atoms with Crippen molar-refractivity contribution in [3.05, 3.63) is 119 Å². The zero-order chi connectivity index (χ0) is 31.5. The van der Waals surface area contributed by atoms with E-state index in [0.717, 1.165) is 16.0 Å². The maximum absolute atomic E-state index is 13.5. The van der Waals surface area contributed by atoms with Gasteiger partial charge in [0, 0.05) is 40.0 Å². The maximum Gasteiger partial charge on any atom is 0.272 e. The molecule has 0 bridgehead atoms. The Balaban J connectivity index is 1.50. The molecule has 4 aromatic rings. The Bertz CT molecular complexity index is 1630. The third-order valence-electron chi connectivity index (χ3n) is 6.53. The molecule has 0 spiro atoms. The molecule has 4 aromatic carbocycles. The molecular weight excluding hydrogens is 574 g/mol. The van der Waals surface area contributed by atoms with Crippen molar-refractivity contribution >= 4 is 46.9 Å². The molecule has 0 aliphatic carbocycles. The summed E-state index contributed by atoms with van der Waals surface area (Å²) in [5, 5.41) is 8.21. The average Bonchev–Trinajstić information content (AvgIpc) is 3.03. The van der Waals surface area contributed by atoms with Crippen molar-refractivity contribution in [3.8, 4) is 11.5 Å². The SMILES string of the molecule is CCC(Sc1cccc(NC(=O)/C(=C\c2cccc(C)c2)NC(=O)c2ccccc2)c1)C(=O)Nc1cc(OC)cc(OC)c1. The van der Waals surface area contributed by atoms with Crippen LogP contribution in [0.4, 0.5) is 11.4 Å². The van der Waals surface area contributed by atoms with Crippen molar-refractivity contribution < 1.29 is 23.9 Å². The van der Waals surface area contributed by atoms with Crippen molar-refractivity contribution in [2.24, 2.45) is 0 Å². The van der Waals surface area contributed by atoms with Gasteiger partial charge in [0.25, 0.3) is 11.8 Å². The van der Waals surface area contributed by atoms with Gasteiger partial charge in [-0.1, -0.05) is 61.0 Å². The van der Waals surface area contributed by atoms with Crippen LogP contribution in [-0.4, -0.2) is 37.2 Å². The highest BCUT2D eigenvalue weighted by molar-refractivity contribution is 8.00. The van der Waals surface area contributed by atoms with Crippen LogP contribution in [0.25, 0.3) is 6.08 Å². The zero-order valence-corrected chi connectivity index (χ0v) is 25.9. The summed E-state index contributed by atoms with van der Waals surface area (Å²) in [6.45, 7) is 3.90. The number of methoxy groups -OCH3 is 2. The smallest absolute Gasteiger partial charge is 0.272 e. The Morgan fingerprint density at radius 3 is 2.16 bits per heavy atom. The second-order valence-electron chi connectivity index (χ2n) is 9.88. The summed E-state index contributed by atoms with van der Waals surface area (Å²) in [6, 6.07) is 28.8. The number of thioether (sulfide) groups is 1. The lowest BCUT2D eigenvalue weighted by Gasteiger charge is -2.17. The molecule has 3 amide bonds. The summed E-state index contributed by atoms with van der Waals surface area (Å²) in [4.78, 5) is 40.4. The number of nitrogens with one attached hydrogen (secondary N) is 3. The summed E-state index contributed by atoms with van der Waals surface area (Å²) in [5.74, 6) is 0.0949. The minimum absolute atomic E-state index is 0.0991. The second-order valence-corrected chi connectivity index (χ2v) is 11.2. The van der Waals surface area contributed by atoms with E-state index in [-0.39, 0.29) is 11.6 Å².